The maximum Gasteiger partial charge on any atom is 0.332 e. The Morgan fingerprint density at radius 3 is 2.47 bits per heavy atom. The van der Waals surface area contributed by atoms with Crippen LogP contribution in [0.1, 0.15) is 17.5 Å². The van der Waals surface area contributed by atoms with Gasteiger partial charge in [-0.2, -0.15) is 8.78 Å². The summed E-state index contributed by atoms with van der Waals surface area (Å²) in [6.07, 6.45) is -2.68. The van der Waals surface area contributed by atoms with E-state index in [-0.39, 0.29) is 5.56 Å². The van der Waals surface area contributed by atoms with E-state index < -0.39 is 17.9 Å². The van der Waals surface area contributed by atoms with Gasteiger partial charge in [-0.05, 0) is 32.0 Å². The zero-order chi connectivity index (χ0) is 12.9. The van der Waals surface area contributed by atoms with E-state index in [0.717, 1.165) is 6.07 Å². The van der Waals surface area contributed by atoms with Crippen molar-refractivity contribution in [2.24, 2.45) is 0 Å². The molecule has 1 aromatic carbocycles. The summed E-state index contributed by atoms with van der Waals surface area (Å²) in [5.41, 5.74) is -0.279. The standard InChI is InChI=1S/C12H15F4N/c1-17-8-4-6-9-5-2-3-7-10(9)12(15,16)11(13)14/h2-3,5,7,11,17H,4,6,8H2,1H3. The molecule has 0 heterocycles. The van der Waals surface area contributed by atoms with Crippen LogP contribution in [0.4, 0.5) is 17.6 Å². The maximum atomic E-state index is 13.3. The molecule has 0 aliphatic heterocycles. The molecule has 0 saturated carbocycles. The van der Waals surface area contributed by atoms with Gasteiger partial charge in [0.1, 0.15) is 0 Å². The lowest BCUT2D eigenvalue weighted by atomic mass is 9.98. The van der Waals surface area contributed by atoms with Gasteiger partial charge in [0.05, 0.1) is 0 Å². The fourth-order valence-corrected chi connectivity index (χ4v) is 1.64. The third-order valence-corrected chi connectivity index (χ3v) is 2.52. The first kappa shape index (κ1) is 14.0. The molecule has 1 rings (SSSR count). The molecule has 0 saturated heterocycles. The van der Waals surface area contributed by atoms with Crippen LogP contribution in [0, 0.1) is 0 Å². The molecule has 5 heteroatoms. The van der Waals surface area contributed by atoms with Gasteiger partial charge in [-0.15, -0.1) is 0 Å². The van der Waals surface area contributed by atoms with E-state index in [1.165, 1.54) is 12.1 Å². The van der Waals surface area contributed by atoms with Crippen molar-refractivity contribution in [3.63, 3.8) is 0 Å². The van der Waals surface area contributed by atoms with Gasteiger partial charge in [-0.3, -0.25) is 0 Å². The average Bonchev–Trinajstić information content (AvgIpc) is 2.29. The largest absolute Gasteiger partial charge is 0.332 e. The Kier molecular flexibility index (Phi) is 4.93. The Bertz CT molecular complexity index is 352. The molecule has 0 spiro atoms. The molecule has 0 aliphatic rings. The first-order valence-electron chi connectivity index (χ1n) is 5.39. The van der Waals surface area contributed by atoms with Crippen molar-refractivity contribution in [2.45, 2.75) is 25.2 Å². The second-order valence-electron chi connectivity index (χ2n) is 3.79. The van der Waals surface area contributed by atoms with E-state index in [1.807, 2.05) is 0 Å². The molecule has 1 nitrogen and oxygen atoms in total. The van der Waals surface area contributed by atoms with Crippen molar-refractivity contribution in [3.05, 3.63) is 35.4 Å². The summed E-state index contributed by atoms with van der Waals surface area (Å²) in [7, 11) is 1.75. The van der Waals surface area contributed by atoms with Crippen molar-refractivity contribution in [2.75, 3.05) is 13.6 Å². The molecule has 0 fully saturated rings. The Hall–Kier alpha value is -1.10. The van der Waals surface area contributed by atoms with Gasteiger partial charge >= 0.3 is 12.3 Å². The third kappa shape index (κ3) is 3.43. The topological polar surface area (TPSA) is 12.0 Å². The quantitative estimate of drug-likeness (QED) is 0.603. The zero-order valence-corrected chi connectivity index (χ0v) is 9.52. The number of alkyl halides is 4. The van der Waals surface area contributed by atoms with Crippen LogP contribution in [0.3, 0.4) is 0 Å². The minimum atomic E-state index is -4.07. The lowest BCUT2D eigenvalue weighted by molar-refractivity contribution is -0.135. The maximum absolute atomic E-state index is 13.3. The van der Waals surface area contributed by atoms with Gasteiger partial charge in [0.15, 0.2) is 0 Å². The minimum absolute atomic E-state index is 0.285. The molecular formula is C12H15F4N. The van der Waals surface area contributed by atoms with Crippen LogP contribution >= 0.6 is 0 Å². The summed E-state index contributed by atoms with van der Waals surface area (Å²) in [4.78, 5) is 0. The van der Waals surface area contributed by atoms with Crippen LogP contribution in [0.15, 0.2) is 24.3 Å². The van der Waals surface area contributed by atoms with Crippen molar-refractivity contribution in [1.29, 1.82) is 0 Å². The molecular weight excluding hydrogens is 234 g/mol. The highest BCUT2D eigenvalue weighted by atomic mass is 19.3. The highest BCUT2D eigenvalue weighted by Crippen LogP contribution is 2.36. The van der Waals surface area contributed by atoms with Gasteiger partial charge in [-0.1, -0.05) is 24.3 Å². The average molecular weight is 249 g/mol. The highest BCUT2D eigenvalue weighted by molar-refractivity contribution is 5.31. The Labute approximate surface area is 97.8 Å². The summed E-state index contributed by atoms with van der Waals surface area (Å²) in [6, 6.07) is 5.48. The Morgan fingerprint density at radius 1 is 1.24 bits per heavy atom. The van der Waals surface area contributed by atoms with Gasteiger partial charge in [0, 0.05) is 5.56 Å². The van der Waals surface area contributed by atoms with E-state index in [1.54, 1.807) is 13.1 Å². The molecule has 96 valence electrons. The number of rotatable bonds is 6. The number of benzene rings is 1. The smallest absolute Gasteiger partial charge is 0.320 e. The van der Waals surface area contributed by atoms with E-state index in [9.17, 15) is 17.6 Å². The van der Waals surface area contributed by atoms with Crippen molar-refractivity contribution in [3.8, 4) is 0 Å². The molecule has 0 radical (unpaired) electrons. The Morgan fingerprint density at radius 2 is 1.88 bits per heavy atom. The predicted octanol–water partition coefficient (Wildman–Crippen LogP) is 3.20. The number of aryl methyl sites for hydroxylation is 1. The van der Waals surface area contributed by atoms with Gasteiger partial charge < -0.3 is 5.32 Å². The molecule has 0 atom stereocenters. The molecule has 1 N–H and O–H groups in total. The zero-order valence-electron chi connectivity index (χ0n) is 9.52. The normalized spacial score (nSPS) is 12.1. The van der Waals surface area contributed by atoms with Crippen LogP contribution in [-0.4, -0.2) is 20.0 Å². The first-order chi connectivity index (χ1) is 8.00. The van der Waals surface area contributed by atoms with Crippen molar-refractivity contribution in [1.82, 2.24) is 5.32 Å². The fraction of sp³-hybridized carbons (Fsp3) is 0.500. The SMILES string of the molecule is CNCCCc1ccccc1C(F)(F)C(F)F. The van der Waals surface area contributed by atoms with Crippen LogP contribution in [0.25, 0.3) is 0 Å². The number of hydrogen-bond acceptors (Lipinski definition) is 1. The lowest BCUT2D eigenvalue weighted by Gasteiger charge is -2.19. The first-order valence-corrected chi connectivity index (χ1v) is 5.39. The van der Waals surface area contributed by atoms with E-state index in [4.69, 9.17) is 0 Å². The number of hydrogen-bond donors (Lipinski definition) is 1. The van der Waals surface area contributed by atoms with Crippen molar-refractivity contribution < 1.29 is 17.6 Å². The molecule has 1 aromatic rings. The minimum Gasteiger partial charge on any atom is -0.320 e. The third-order valence-electron chi connectivity index (χ3n) is 2.52. The van der Waals surface area contributed by atoms with Gasteiger partial charge in [0.25, 0.3) is 0 Å². The summed E-state index contributed by atoms with van der Waals surface area (Å²) in [6.45, 7) is 0.661. The molecule has 0 aromatic heterocycles. The van der Waals surface area contributed by atoms with E-state index in [0.29, 0.717) is 19.4 Å². The molecule has 0 aliphatic carbocycles. The van der Waals surface area contributed by atoms with Crippen LogP contribution in [-0.2, 0) is 12.3 Å². The van der Waals surface area contributed by atoms with E-state index in [2.05, 4.69) is 5.32 Å². The second-order valence-corrected chi connectivity index (χ2v) is 3.79. The molecule has 0 bridgehead atoms. The summed E-state index contributed by atoms with van der Waals surface area (Å²) in [5, 5.41) is 2.88. The van der Waals surface area contributed by atoms with Crippen LogP contribution in [0.2, 0.25) is 0 Å². The van der Waals surface area contributed by atoms with Gasteiger partial charge in [-0.25, -0.2) is 8.78 Å². The fourth-order valence-electron chi connectivity index (χ4n) is 1.64. The number of halogens is 4. The summed E-state index contributed by atoms with van der Waals surface area (Å²) < 4.78 is 51.2. The second kappa shape index (κ2) is 6.00. The van der Waals surface area contributed by atoms with E-state index >= 15 is 0 Å². The highest BCUT2D eigenvalue weighted by Gasteiger charge is 2.43. The summed E-state index contributed by atoms with van der Waals surface area (Å²) >= 11 is 0. The predicted molar refractivity (Wildman–Crippen MR) is 58.6 cm³/mol. The van der Waals surface area contributed by atoms with Gasteiger partial charge in [0.2, 0.25) is 0 Å². The van der Waals surface area contributed by atoms with Crippen LogP contribution < -0.4 is 5.32 Å². The molecule has 0 amide bonds. The monoisotopic (exact) mass is 249 g/mol. The Balaban J connectivity index is 2.91. The van der Waals surface area contributed by atoms with Crippen LogP contribution in [0.5, 0.6) is 0 Å². The van der Waals surface area contributed by atoms with Crippen molar-refractivity contribution >= 4 is 0 Å². The summed E-state index contributed by atoms with van der Waals surface area (Å²) in [5.74, 6) is -4.07. The number of nitrogens with one attached hydrogen (secondary N) is 1. The molecule has 17 heavy (non-hydrogen) atoms. The molecule has 0 unspecified atom stereocenters. The lowest BCUT2D eigenvalue weighted by Crippen LogP contribution is -2.25.